The van der Waals surface area contributed by atoms with Gasteiger partial charge in [-0.15, -0.1) is 0 Å². The molecule has 1 aromatic rings. The van der Waals surface area contributed by atoms with Crippen molar-refractivity contribution in [3.05, 3.63) is 28.0 Å². The summed E-state index contributed by atoms with van der Waals surface area (Å²) in [5.74, 6) is -0.732. The Kier molecular flexibility index (Phi) is 4.01. The standard InChI is InChI=1S/C11H11BrFNO3S/c12-9-7(11(15)16)1-2-8(10(9)13)14-3-5-18(17)6-4-14/h1-2H,3-6H2,(H,15,16). The Bertz CT molecular complexity index is 513. The lowest BCUT2D eigenvalue weighted by atomic mass is 10.2. The van der Waals surface area contributed by atoms with Crippen LogP contribution in [0, 0.1) is 5.82 Å². The summed E-state index contributed by atoms with van der Waals surface area (Å²) in [6.07, 6.45) is 0. The van der Waals surface area contributed by atoms with Gasteiger partial charge in [-0.2, -0.15) is 0 Å². The van der Waals surface area contributed by atoms with Crippen LogP contribution in [0.25, 0.3) is 0 Å². The van der Waals surface area contributed by atoms with Gasteiger partial charge in [0, 0.05) is 35.4 Å². The van der Waals surface area contributed by atoms with Crippen molar-refractivity contribution in [2.75, 3.05) is 29.5 Å². The molecule has 0 aliphatic carbocycles. The fourth-order valence-electron chi connectivity index (χ4n) is 1.83. The Labute approximate surface area is 114 Å². The van der Waals surface area contributed by atoms with Crippen LogP contribution in [-0.4, -0.2) is 39.9 Å². The topological polar surface area (TPSA) is 57.6 Å². The van der Waals surface area contributed by atoms with Crippen molar-refractivity contribution < 1.29 is 18.5 Å². The van der Waals surface area contributed by atoms with Crippen LogP contribution in [0.1, 0.15) is 10.4 Å². The van der Waals surface area contributed by atoms with E-state index in [9.17, 15) is 13.4 Å². The first kappa shape index (κ1) is 13.5. The maximum Gasteiger partial charge on any atom is 0.336 e. The molecule has 0 bridgehead atoms. The molecule has 18 heavy (non-hydrogen) atoms. The summed E-state index contributed by atoms with van der Waals surface area (Å²) in [6.45, 7) is 1.03. The molecule has 0 radical (unpaired) electrons. The van der Waals surface area contributed by atoms with Gasteiger partial charge in [0.2, 0.25) is 0 Å². The number of aromatic carboxylic acids is 1. The third kappa shape index (κ3) is 2.56. The van der Waals surface area contributed by atoms with Gasteiger partial charge in [0.05, 0.1) is 15.7 Å². The fourth-order valence-corrected chi connectivity index (χ4v) is 3.38. The van der Waals surface area contributed by atoms with Crippen molar-refractivity contribution >= 4 is 38.4 Å². The van der Waals surface area contributed by atoms with E-state index in [1.54, 1.807) is 4.90 Å². The molecule has 0 aromatic heterocycles. The van der Waals surface area contributed by atoms with Gasteiger partial charge in [-0.1, -0.05) is 0 Å². The maximum absolute atomic E-state index is 14.1. The highest BCUT2D eigenvalue weighted by molar-refractivity contribution is 9.10. The second kappa shape index (κ2) is 5.36. The van der Waals surface area contributed by atoms with Gasteiger partial charge >= 0.3 is 5.97 Å². The minimum absolute atomic E-state index is 0.0424. The highest BCUT2D eigenvalue weighted by atomic mass is 79.9. The summed E-state index contributed by atoms with van der Waals surface area (Å²) in [4.78, 5) is 12.6. The van der Waals surface area contributed by atoms with E-state index in [1.165, 1.54) is 12.1 Å². The third-order valence-electron chi connectivity index (χ3n) is 2.81. The molecule has 98 valence electrons. The number of hydrogen-bond donors (Lipinski definition) is 1. The van der Waals surface area contributed by atoms with E-state index in [4.69, 9.17) is 5.11 Å². The molecule has 7 heteroatoms. The van der Waals surface area contributed by atoms with E-state index in [0.717, 1.165) is 0 Å². The molecule has 1 saturated heterocycles. The summed E-state index contributed by atoms with van der Waals surface area (Å²) < 4.78 is 25.3. The average molecular weight is 336 g/mol. The molecule has 0 spiro atoms. The van der Waals surface area contributed by atoms with Crippen LogP contribution in [0.5, 0.6) is 0 Å². The third-order valence-corrected chi connectivity index (χ3v) is 4.86. The molecular formula is C11H11BrFNO3S. The molecule has 0 unspecified atom stereocenters. The van der Waals surface area contributed by atoms with Crippen LogP contribution in [0.2, 0.25) is 0 Å². The number of carboxylic acid groups (broad SMARTS) is 1. The fraction of sp³-hybridized carbons (Fsp3) is 0.364. The van der Waals surface area contributed by atoms with Gasteiger partial charge in [-0.3, -0.25) is 4.21 Å². The normalized spacial score (nSPS) is 16.9. The average Bonchev–Trinajstić information content (AvgIpc) is 2.33. The van der Waals surface area contributed by atoms with E-state index in [-0.39, 0.29) is 10.0 Å². The van der Waals surface area contributed by atoms with Crippen LogP contribution < -0.4 is 4.90 Å². The number of nitrogens with zero attached hydrogens (tertiary/aromatic N) is 1. The van der Waals surface area contributed by atoms with Gasteiger partial charge in [-0.25, -0.2) is 9.18 Å². The van der Waals surface area contributed by atoms with Crippen LogP contribution in [0.4, 0.5) is 10.1 Å². The number of rotatable bonds is 2. The van der Waals surface area contributed by atoms with Gasteiger partial charge in [0.1, 0.15) is 0 Å². The molecule has 2 rings (SSSR count). The van der Waals surface area contributed by atoms with E-state index < -0.39 is 22.6 Å². The highest BCUT2D eigenvalue weighted by Gasteiger charge is 2.22. The highest BCUT2D eigenvalue weighted by Crippen LogP contribution is 2.30. The zero-order valence-electron chi connectivity index (χ0n) is 9.36. The maximum atomic E-state index is 14.1. The second-order valence-electron chi connectivity index (χ2n) is 3.90. The molecule has 1 fully saturated rings. The summed E-state index contributed by atoms with van der Waals surface area (Å²) >= 11 is 2.97. The number of anilines is 1. The quantitative estimate of drug-likeness (QED) is 0.896. The SMILES string of the molecule is O=C(O)c1ccc(N2CCS(=O)CC2)c(F)c1Br. The largest absolute Gasteiger partial charge is 0.478 e. The van der Waals surface area contributed by atoms with Crippen LogP contribution >= 0.6 is 15.9 Å². The van der Waals surface area contributed by atoms with Crippen molar-refractivity contribution in [3.63, 3.8) is 0 Å². The zero-order valence-corrected chi connectivity index (χ0v) is 11.8. The summed E-state index contributed by atoms with van der Waals surface area (Å²) in [7, 11) is -0.828. The van der Waals surface area contributed by atoms with E-state index >= 15 is 0 Å². The Hall–Kier alpha value is -0.950. The molecule has 1 aliphatic heterocycles. The molecule has 1 aromatic carbocycles. The smallest absolute Gasteiger partial charge is 0.336 e. The van der Waals surface area contributed by atoms with Crippen molar-refractivity contribution in [2.45, 2.75) is 0 Å². The van der Waals surface area contributed by atoms with E-state index in [2.05, 4.69) is 15.9 Å². The monoisotopic (exact) mass is 335 g/mol. The van der Waals surface area contributed by atoms with Crippen LogP contribution in [-0.2, 0) is 10.8 Å². The van der Waals surface area contributed by atoms with Gasteiger partial charge in [-0.05, 0) is 28.1 Å². The van der Waals surface area contributed by atoms with Gasteiger partial charge < -0.3 is 10.0 Å². The lowest BCUT2D eigenvalue weighted by Gasteiger charge is -2.29. The van der Waals surface area contributed by atoms with Crippen molar-refractivity contribution in [1.29, 1.82) is 0 Å². The van der Waals surface area contributed by atoms with Gasteiger partial charge in [0.15, 0.2) is 5.82 Å². The number of carboxylic acids is 1. The number of hydrogen-bond acceptors (Lipinski definition) is 3. The molecule has 0 atom stereocenters. The number of halogens is 2. The first-order valence-electron chi connectivity index (χ1n) is 5.32. The Morgan fingerprint density at radius 2 is 2.00 bits per heavy atom. The van der Waals surface area contributed by atoms with Crippen LogP contribution in [0.3, 0.4) is 0 Å². The molecule has 0 amide bonds. The van der Waals surface area contributed by atoms with Crippen molar-refractivity contribution in [2.24, 2.45) is 0 Å². The summed E-state index contributed by atoms with van der Waals surface area (Å²) in [5.41, 5.74) is 0.250. The molecule has 0 saturated carbocycles. The lowest BCUT2D eigenvalue weighted by Crippen LogP contribution is -2.38. The Morgan fingerprint density at radius 3 is 2.56 bits per heavy atom. The summed E-state index contributed by atoms with van der Waals surface area (Å²) in [5, 5.41) is 8.88. The first-order valence-corrected chi connectivity index (χ1v) is 7.60. The molecule has 4 nitrogen and oxygen atoms in total. The minimum Gasteiger partial charge on any atom is -0.478 e. The minimum atomic E-state index is -1.17. The molecule has 1 heterocycles. The van der Waals surface area contributed by atoms with Crippen LogP contribution in [0.15, 0.2) is 16.6 Å². The lowest BCUT2D eigenvalue weighted by molar-refractivity contribution is 0.0695. The summed E-state index contributed by atoms with van der Waals surface area (Å²) in [6, 6.07) is 2.83. The second-order valence-corrected chi connectivity index (χ2v) is 6.39. The Morgan fingerprint density at radius 1 is 1.39 bits per heavy atom. The number of benzene rings is 1. The Balaban J connectivity index is 2.32. The zero-order chi connectivity index (χ0) is 13.3. The molecular weight excluding hydrogens is 325 g/mol. The van der Waals surface area contributed by atoms with E-state index in [1.807, 2.05) is 0 Å². The molecule has 1 N–H and O–H groups in total. The van der Waals surface area contributed by atoms with Crippen molar-refractivity contribution in [3.8, 4) is 0 Å². The molecule has 1 aliphatic rings. The van der Waals surface area contributed by atoms with Crippen molar-refractivity contribution in [1.82, 2.24) is 0 Å². The number of carbonyl (C=O) groups is 1. The first-order chi connectivity index (χ1) is 8.50. The van der Waals surface area contributed by atoms with Gasteiger partial charge in [0.25, 0.3) is 0 Å². The predicted molar refractivity (Wildman–Crippen MR) is 71.1 cm³/mol. The van der Waals surface area contributed by atoms with E-state index in [0.29, 0.717) is 30.3 Å². The predicted octanol–water partition coefficient (Wildman–Crippen LogP) is 1.86.